The lowest BCUT2D eigenvalue weighted by Crippen LogP contribution is -2.46. The van der Waals surface area contributed by atoms with Crippen LogP contribution in [0.2, 0.25) is 0 Å². The largest absolute Gasteiger partial charge is 0.463 e. The van der Waals surface area contributed by atoms with Crippen LogP contribution in [0.25, 0.3) is 11.0 Å². The van der Waals surface area contributed by atoms with Crippen molar-refractivity contribution < 1.29 is 18.7 Å². The summed E-state index contributed by atoms with van der Waals surface area (Å²) in [5.41, 5.74) is 2.22. The molecule has 9 heteroatoms. The number of thiophene rings is 1. The average Bonchev–Trinajstić information content (AvgIpc) is 3.67. The van der Waals surface area contributed by atoms with Gasteiger partial charge in [0.1, 0.15) is 11.6 Å². The van der Waals surface area contributed by atoms with E-state index in [0.717, 1.165) is 16.0 Å². The second kappa shape index (κ2) is 9.18. The average molecular weight is 511 g/mol. The minimum absolute atomic E-state index is 0.106. The Morgan fingerprint density at radius 2 is 1.84 bits per heavy atom. The number of fused-ring (bicyclic) bond motifs is 2. The van der Waals surface area contributed by atoms with Gasteiger partial charge in [0.2, 0.25) is 11.8 Å². The van der Waals surface area contributed by atoms with Crippen LogP contribution < -0.4 is 5.01 Å². The third-order valence-electron chi connectivity index (χ3n) is 6.18. The summed E-state index contributed by atoms with van der Waals surface area (Å²) in [5, 5.41) is 9.12. The number of furan rings is 1. The highest BCUT2D eigenvalue weighted by atomic mass is 32.1. The number of ketones is 1. The number of hydrogen-bond acceptors (Lipinski definition) is 9. The zero-order valence-electron chi connectivity index (χ0n) is 20.1. The fourth-order valence-corrected chi connectivity index (χ4v) is 5.37. The van der Waals surface area contributed by atoms with Crippen molar-refractivity contribution in [2.24, 2.45) is 10.1 Å². The molecule has 0 bridgehead atoms. The van der Waals surface area contributed by atoms with Gasteiger partial charge in [0.25, 0.3) is 5.78 Å². The number of esters is 1. The lowest BCUT2D eigenvalue weighted by atomic mass is 9.99. The summed E-state index contributed by atoms with van der Waals surface area (Å²) >= 11 is 1.48. The molecule has 4 heterocycles. The zero-order valence-corrected chi connectivity index (χ0v) is 20.9. The van der Waals surface area contributed by atoms with Crippen LogP contribution in [0, 0.1) is 0 Å². The van der Waals surface area contributed by atoms with Gasteiger partial charge in [-0.05, 0) is 49.6 Å². The Morgan fingerprint density at radius 1 is 1.05 bits per heavy atom. The summed E-state index contributed by atoms with van der Waals surface area (Å²) in [5.74, 6) is -0.200. The number of para-hydroxylation sites is 2. The molecule has 0 saturated carbocycles. The molecule has 0 radical (unpaired) electrons. The van der Waals surface area contributed by atoms with Crippen molar-refractivity contribution in [1.29, 1.82) is 0 Å². The van der Waals surface area contributed by atoms with Gasteiger partial charge < -0.3 is 9.15 Å². The van der Waals surface area contributed by atoms with Crippen molar-refractivity contribution in [1.82, 2.24) is 4.90 Å². The molecule has 2 aromatic heterocycles. The molecule has 1 unspecified atom stereocenters. The van der Waals surface area contributed by atoms with Crippen molar-refractivity contribution in [2.45, 2.75) is 19.9 Å². The van der Waals surface area contributed by atoms with Gasteiger partial charge in [-0.15, -0.1) is 16.4 Å². The molecule has 8 nitrogen and oxygen atoms in total. The van der Waals surface area contributed by atoms with Crippen molar-refractivity contribution in [3.05, 3.63) is 100 Å². The molecule has 37 heavy (non-hydrogen) atoms. The SMILES string of the molecule is CCOC(=O)C1=C(C)N=C2N(c3ccccc3)N=C(C(=O)c3cc4ccccc4o3)N2C1c1cccs1. The first-order valence-electron chi connectivity index (χ1n) is 11.8. The molecular weight excluding hydrogens is 488 g/mol. The number of guanidine groups is 1. The first-order valence-corrected chi connectivity index (χ1v) is 12.7. The summed E-state index contributed by atoms with van der Waals surface area (Å²) in [7, 11) is 0. The number of nitrogens with zero attached hydrogens (tertiary/aromatic N) is 4. The van der Waals surface area contributed by atoms with Gasteiger partial charge in [-0.1, -0.05) is 42.5 Å². The minimum Gasteiger partial charge on any atom is -0.463 e. The number of rotatable bonds is 6. The van der Waals surface area contributed by atoms with Gasteiger partial charge >= 0.3 is 5.97 Å². The number of hydrazone groups is 1. The molecule has 2 aliphatic heterocycles. The predicted molar refractivity (Wildman–Crippen MR) is 143 cm³/mol. The van der Waals surface area contributed by atoms with Gasteiger partial charge in [0.15, 0.2) is 5.76 Å². The van der Waals surface area contributed by atoms with E-state index in [-0.39, 0.29) is 18.2 Å². The second-order valence-electron chi connectivity index (χ2n) is 8.47. The Balaban J connectivity index is 1.54. The Morgan fingerprint density at radius 3 is 2.57 bits per heavy atom. The van der Waals surface area contributed by atoms with Crippen molar-refractivity contribution in [2.75, 3.05) is 11.6 Å². The Labute approximate surface area is 216 Å². The topological polar surface area (TPSA) is 87.7 Å². The van der Waals surface area contributed by atoms with Gasteiger partial charge in [-0.3, -0.25) is 9.69 Å². The van der Waals surface area contributed by atoms with E-state index < -0.39 is 17.8 Å². The van der Waals surface area contributed by atoms with E-state index in [9.17, 15) is 9.59 Å². The third kappa shape index (κ3) is 3.84. The second-order valence-corrected chi connectivity index (χ2v) is 9.45. The first kappa shape index (κ1) is 22.9. The summed E-state index contributed by atoms with van der Waals surface area (Å²) in [6, 6.07) is 21.8. The van der Waals surface area contributed by atoms with Crippen LogP contribution in [-0.2, 0) is 9.53 Å². The molecule has 6 rings (SSSR count). The highest BCUT2D eigenvalue weighted by molar-refractivity contribution is 7.10. The molecule has 0 amide bonds. The molecule has 184 valence electrons. The molecule has 2 aliphatic rings. The minimum atomic E-state index is -0.646. The normalized spacial score (nSPS) is 17.1. The van der Waals surface area contributed by atoms with Gasteiger partial charge in [-0.2, -0.15) is 5.01 Å². The summed E-state index contributed by atoms with van der Waals surface area (Å²) < 4.78 is 11.3. The van der Waals surface area contributed by atoms with E-state index in [1.165, 1.54) is 11.3 Å². The Kier molecular flexibility index (Phi) is 5.69. The smallest absolute Gasteiger partial charge is 0.338 e. The van der Waals surface area contributed by atoms with Gasteiger partial charge in [0.05, 0.1) is 23.6 Å². The number of hydrogen-bond donors (Lipinski definition) is 0. The molecule has 4 aromatic rings. The van der Waals surface area contributed by atoms with Gasteiger partial charge in [0, 0.05) is 10.3 Å². The lowest BCUT2D eigenvalue weighted by molar-refractivity contribution is -0.139. The Bertz CT molecular complexity index is 1570. The summed E-state index contributed by atoms with van der Waals surface area (Å²) in [4.78, 5) is 34.5. The maximum absolute atomic E-state index is 14.0. The fraction of sp³-hybridized carbons (Fsp3) is 0.143. The number of aliphatic imine (C=N–C) groups is 1. The van der Waals surface area contributed by atoms with Crippen molar-refractivity contribution >= 4 is 51.5 Å². The molecule has 0 aliphatic carbocycles. The molecule has 2 aromatic carbocycles. The van der Waals surface area contributed by atoms with Crippen LogP contribution in [0.3, 0.4) is 0 Å². The molecule has 0 saturated heterocycles. The monoisotopic (exact) mass is 510 g/mol. The molecule has 0 N–H and O–H groups in total. The Hall–Kier alpha value is -4.50. The van der Waals surface area contributed by atoms with Crippen LogP contribution >= 0.6 is 11.3 Å². The number of anilines is 1. The molecular formula is C28H22N4O4S. The van der Waals surface area contributed by atoms with Crippen molar-refractivity contribution in [3.63, 3.8) is 0 Å². The van der Waals surface area contributed by atoms with Crippen LogP contribution in [0.1, 0.15) is 35.3 Å². The number of carbonyl (C=O) groups is 2. The van der Waals surface area contributed by atoms with Crippen LogP contribution in [0.5, 0.6) is 0 Å². The number of carbonyl (C=O) groups excluding carboxylic acids is 2. The van der Waals surface area contributed by atoms with E-state index in [4.69, 9.17) is 19.2 Å². The van der Waals surface area contributed by atoms with Crippen LogP contribution in [-0.4, -0.2) is 35.1 Å². The maximum Gasteiger partial charge on any atom is 0.338 e. The quantitative estimate of drug-likeness (QED) is 0.242. The standard InChI is InChI=1S/C28H22N4O4S/c1-3-35-27(34)23-17(2)29-28-31(24(23)22-14-9-15-37-22)26(30-32(28)19-11-5-4-6-12-19)25(33)21-16-18-10-7-8-13-20(18)36-21/h4-16,24H,3H2,1-2H3. The molecule has 1 atom stereocenters. The van der Waals surface area contributed by atoms with E-state index >= 15 is 0 Å². The van der Waals surface area contributed by atoms with Crippen LogP contribution in [0.4, 0.5) is 5.69 Å². The summed E-state index contributed by atoms with van der Waals surface area (Å²) in [6.45, 7) is 3.76. The first-order chi connectivity index (χ1) is 18.1. The third-order valence-corrected chi connectivity index (χ3v) is 7.10. The predicted octanol–water partition coefficient (Wildman–Crippen LogP) is 5.76. The number of benzene rings is 2. The highest BCUT2D eigenvalue weighted by Crippen LogP contribution is 2.42. The maximum atomic E-state index is 14.0. The fourth-order valence-electron chi connectivity index (χ4n) is 4.55. The highest BCUT2D eigenvalue weighted by Gasteiger charge is 2.47. The van der Waals surface area contributed by atoms with Gasteiger partial charge in [-0.25, -0.2) is 9.79 Å². The van der Waals surface area contributed by atoms with Crippen molar-refractivity contribution in [3.8, 4) is 0 Å². The summed E-state index contributed by atoms with van der Waals surface area (Å²) in [6.07, 6.45) is 0. The van der Waals surface area contributed by atoms with Crippen LogP contribution in [0.15, 0.2) is 104 Å². The molecule has 0 fully saturated rings. The number of ether oxygens (including phenoxy) is 1. The lowest BCUT2D eigenvalue weighted by Gasteiger charge is -2.34. The zero-order chi connectivity index (χ0) is 25.5. The van der Waals surface area contributed by atoms with E-state index in [0.29, 0.717) is 22.8 Å². The number of allylic oxidation sites excluding steroid dienone is 1. The van der Waals surface area contributed by atoms with E-state index in [2.05, 4.69) is 0 Å². The van der Waals surface area contributed by atoms with E-state index in [1.807, 2.05) is 72.1 Å². The molecule has 0 spiro atoms. The number of amidine groups is 1. The number of Topliss-reactive ketones (excluding diaryl/α,β-unsaturated/α-hetero) is 1. The van der Waals surface area contributed by atoms with E-state index in [1.54, 1.807) is 29.8 Å².